The van der Waals surface area contributed by atoms with Crippen molar-refractivity contribution in [2.75, 3.05) is 57.9 Å². The lowest BCUT2D eigenvalue weighted by Gasteiger charge is -2.36. The van der Waals surface area contributed by atoms with Crippen LogP contribution < -0.4 is 9.64 Å². The summed E-state index contributed by atoms with van der Waals surface area (Å²) in [5.74, 6) is 0.667. The number of anilines is 1. The molecule has 7 nitrogen and oxygen atoms in total. The highest BCUT2D eigenvalue weighted by Crippen LogP contribution is 2.20. The van der Waals surface area contributed by atoms with Crippen molar-refractivity contribution in [2.45, 2.75) is 0 Å². The molecule has 1 aromatic carbocycles. The van der Waals surface area contributed by atoms with E-state index in [1.54, 1.807) is 7.11 Å². The van der Waals surface area contributed by atoms with E-state index < -0.39 is 6.09 Å². The van der Waals surface area contributed by atoms with Gasteiger partial charge in [0.1, 0.15) is 12.4 Å². The van der Waals surface area contributed by atoms with Gasteiger partial charge in [-0.05, 0) is 24.3 Å². The Labute approximate surface area is 135 Å². The largest absolute Gasteiger partial charge is 0.497 e. The molecule has 2 saturated heterocycles. The minimum Gasteiger partial charge on any atom is -0.497 e. The summed E-state index contributed by atoms with van der Waals surface area (Å²) in [6.45, 7) is 4.22. The lowest BCUT2D eigenvalue weighted by molar-refractivity contribution is -0.129. The highest BCUT2D eigenvalue weighted by molar-refractivity contribution is 5.94. The lowest BCUT2D eigenvalue weighted by Crippen LogP contribution is -2.50. The molecule has 124 valence electrons. The molecule has 0 aromatic heterocycles. The molecule has 7 heteroatoms. The third-order valence-electron chi connectivity index (χ3n) is 4.23. The molecule has 2 amide bonds. The second-order valence-electron chi connectivity index (χ2n) is 5.62. The number of ether oxygens (including phenoxy) is 2. The number of piperazine rings is 1. The number of hydrogen-bond acceptors (Lipinski definition) is 6. The maximum absolute atomic E-state index is 12.1. The van der Waals surface area contributed by atoms with Gasteiger partial charge in [-0.1, -0.05) is 0 Å². The maximum Gasteiger partial charge on any atom is 0.416 e. The second-order valence-corrected chi connectivity index (χ2v) is 5.62. The zero-order valence-corrected chi connectivity index (χ0v) is 13.2. The molecule has 0 spiro atoms. The van der Waals surface area contributed by atoms with Gasteiger partial charge in [0.15, 0.2) is 0 Å². The second kappa shape index (κ2) is 6.87. The van der Waals surface area contributed by atoms with Gasteiger partial charge >= 0.3 is 6.09 Å². The Morgan fingerprint density at radius 1 is 1.13 bits per heavy atom. The number of benzene rings is 1. The molecule has 2 aliphatic heterocycles. The molecular formula is C16H21N3O4. The predicted octanol–water partition coefficient (Wildman–Crippen LogP) is 0.796. The number of cyclic esters (lactones) is 1. The molecule has 1 aromatic rings. The summed E-state index contributed by atoms with van der Waals surface area (Å²) in [5.41, 5.74) is 1.15. The number of carbonyl (C=O) groups excluding carboxylic acids is 2. The van der Waals surface area contributed by atoms with Gasteiger partial charge in [-0.2, -0.15) is 0 Å². The van der Waals surface area contributed by atoms with E-state index in [-0.39, 0.29) is 12.5 Å². The Balaban J connectivity index is 1.49. The van der Waals surface area contributed by atoms with Crippen LogP contribution in [0.3, 0.4) is 0 Å². The number of amides is 2. The average Bonchev–Trinajstić information content (AvgIpc) is 3.02. The van der Waals surface area contributed by atoms with Crippen molar-refractivity contribution < 1.29 is 19.1 Å². The minimum atomic E-state index is -0.521. The Morgan fingerprint density at radius 3 is 2.39 bits per heavy atom. The molecule has 0 saturated carbocycles. The third-order valence-corrected chi connectivity index (χ3v) is 4.23. The van der Waals surface area contributed by atoms with E-state index >= 15 is 0 Å². The fourth-order valence-electron chi connectivity index (χ4n) is 2.85. The monoisotopic (exact) mass is 319 g/mol. The molecule has 0 unspecified atom stereocenters. The molecule has 2 heterocycles. The predicted molar refractivity (Wildman–Crippen MR) is 84.7 cm³/mol. The molecule has 0 N–H and O–H groups in total. The highest BCUT2D eigenvalue weighted by Gasteiger charge is 2.30. The standard InChI is InChI=1S/C16H21N3O4/c1-22-14-4-2-13(3-5-14)18-8-6-17(7-9-18)12-15(20)19-10-11-23-16(19)21/h2-5H,6-12H2,1H3. The fraction of sp³-hybridized carbons (Fsp3) is 0.500. The number of rotatable bonds is 4. The minimum absolute atomic E-state index is 0.176. The summed E-state index contributed by atoms with van der Waals surface area (Å²) >= 11 is 0. The topological polar surface area (TPSA) is 62.3 Å². The van der Waals surface area contributed by atoms with Gasteiger partial charge in [0.2, 0.25) is 5.91 Å². The molecule has 23 heavy (non-hydrogen) atoms. The van der Waals surface area contributed by atoms with E-state index in [1.165, 1.54) is 4.90 Å². The van der Waals surface area contributed by atoms with Crippen molar-refractivity contribution >= 4 is 17.7 Å². The number of imide groups is 1. The van der Waals surface area contributed by atoms with Crippen LogP contribution in [0, 0.1) is 0 Å². The molecular weight excluding hydrogens is 298 g/mol. The van der Waals surface area contributed by atoms with E-state index in [0.29, 0.717) is 13.2 Å². The van der Waals surface area contributed by atoms with E-state index in [0.717, 1.165) is 37.6 Å². The molecule has 0 aliphatic carbocycles. The molecule has 0 radical (unpaired) electrons. The van der Waals surface area contributed by atoms with Gasteiger partial charge in [-0.15, -0.1) is 0 Å². The average molecular weight is 319 g/mol. The first-order chi connectivity index (χ1) is 11.2. The van der Waals surface area contributed by atoms with Crippen LogP contribution in [0.25, 0.3) is 0 Å². The Bertz CT molecular complexity index is 567. The van der Waals surface area contributed by atoms with Crippen LogP contribution in [0.5, 0.6) is 5.75 Å². The zero-order chi connectivity index (χ0) is 16.2. The van der Waals surface area contributed by atoms with Crippen molar-refractivity contribution in [1.82, 2.24) is 9.80 Å². The van der Waals surface area contributed by atoms with Gasteiger partial charge in [0, 0.05) is 31.9 Å². The molecule has 0 atom stereocenters. The summed E-state index contributed by atoms with van der Waals surface area (Å²) in [6, 6.07) is 7.98. The van der Waals surface area contributed by atoms with Crippen LogP contribution >= 0.6 is 0 Å². The smallest absolute Gasteiger partial charge is 0.416 e. The van der Waals surface area contributed by atoms with Crippen LogP contribution in [0.1, 0.15) is 0 Å². The van der Waals surface area contributed by atoms with Crippen molar-refractivity contribution in [3.05, 3.63) is 24.3 Å². The number of carbonyl (C=O) groups is 2. The Hall–Kier alpha value is -2.28. The zero-order valence-electron chi connectivity index (χ0n) is 13.2. The molecule has 2 fully saturated rings. The van der Waals surface area contributed by atoms with E-state index in [4.69, 9.17) is 9.47 Å². The van der Waals surface area contributed by atoms with Crippen LogP contribution in [0.15, 0.2) is 24.3 Å². The van der Waals surface area contributed by atoms with Crippen LogP contribution in [-0.4, -0.2) is 74.8 Å². The molecule has 3 rings (SSSR count). The first-order valence-electron chi connectivity index (χ1n) is 7.76. The van der Waals surface area contributed by atoms with Crippen molar-refractivity contribution in [1.29, 1.82) is 0 Å². The van der Waals surface area contributed by atoms with E-state index in [1.807, 2.05) is 24.3 Å². The first-order valence-corrected chi connectivity index (χ1v) is 7.76. The van der Waals surface area contributed by atoms with Gasteiger partial charge < -0.3 is 14.4 Å². The van der Waals surface area contributed by atoms with Crippen LogP contribution in [0.2, 0.25) is 0 Å². The van der Waals surface area contributed by atoms with E-state index in [2.05, 4.69) is 9.80 Å². The summed E-state index contributed by atoms with van der Waals surface area (Å²) in [7, 11) is 1.65. The summed E-state index contributed by atoms with van der Waals surface area (Å²) in [4.78, 5) is 29.0. The maximum atomic E-state index is 12.1. The number of hydrogen-bond donors (Lipinski definition) is 0. The van der Waals surface area contributed by atoms with Crippen LogP contribution in [-0.2, 0) is 9.53 Å². The van der Waals surface area contributed by atoms with Crippen molar-refractivity contribution in [2.24, 2.45) is 0 Å². The number of nitrogens with zero attached hydrogens (tertiary/aromatic N) is 3. The fourth-order valence-corrected chi connectivity index (χ4v) is 2.85. The number of methoxy groups -OCH3 is 1. The van der Waals surface area contributed by atoms with Crippen molar-refractivity contribution in [3.8, 4) is 5.75 Å². The third kappa shape index (κ3) is 3.56. The SMILES string of the molecule is COc1ccc(N2CCN(CC(=O)N3CCOC3=O)CC2)cc1. The van der Waals surface area contributed by atoms with E-state index in [9.17, 15) is 9.59 Å². The summed E-state index contributed by atoms with van der Waals surface area (Å²) in [6.07, 6.45) is -0.521. The van der Waals surface area contributed by atoms with Crippen LogP contribution in [0.4, 0.5) is 10.5 Å². The van der Waals surface area contributed by atoms with Gasteiger partial charge in [0.05, 0.1) is 20.2 Å². The summed E-state index contributed by atoms with van der Waals surface area (Å²) in [5, 5.41) is 0. The van der Waals surface area contributed by atoms with Gasteiger partial charge in [0.25, 0.3) is 0 Å². The Kier molecular flexibility index (Phi) is 4.66. The van der Waals surface area contributed by atoms with Gasteiger partial charge in [-0.25, -0.2) is 9.69 Å². The first kappa shape index (κ1) is 15.6. The normalized spacial score (nSPS) is 18.9. The summed E-state index contributed by atoms with van der Waals surface area (Å²) < 4.78 is 9.97. The molecule has 0 bridgehead atoms. The Morgan fingerprint density at radius 2 is 1.83 bits per heavy atom. The molecule has 2 aliphatic rings. The highest BCUT2D eigenvalue weighted by atomic mass is 16.6. The quantitative estimate of drug-likeness (QED) is 0.818. The van der Waals surface area contributed by atoms with Crippen molar-refractivity contribution in [3.63, 3.8) is 0 Å². The van der Waals surface area contributed by atoms with Gasteiger partial charge in [-0.3, -0.25) is 9.69 Å². The lowest BCUT2D eigenvalue weighted by atomic mass is 10.2.